The molecule has 0 aromatic heterocycles. The first-order valence-corrected chi connectivity index (χ1v) is 8.77. The van der Waals surface area contributed by atoms with E-state index in [-0.39, 0.29) is 44.0 Å². The molecule has 0 radical (unpaired) electrons. The lowest BCUT2D eigenvalue weighted by atomic mass is 9.98. The fourth-order valence-electron chi connectivity index (χ4n) is 2.60. The van der Waals surface area contributed by atoms with Gasteiger partial charge in [-0.25, -0.2) is 4.39 Å². The van der Waals surface area contributed by atoms with Crippen molar-refractivity contribution in [2.24, 2.45) is 5.73 Å². The molecule has 0 fully saturated rings. The van der Waals surface area contributed by atoms with Crippen LogP contribution in [0.1, 0.15) is 35.7 Å². The Kier molecular flexibility index (Phi) is 9.82. The number of amides is 1. The van der Waals surface area contributed by atoms with Crippen molar-refractivity contribution in [1.82, 2.24) is 4.90 Å². The molecule has 1 aromatic carbocycles. The Labute approximate surface area is 164 Å². The number of hydrogen-bond donors (Lipinski definition) is 1. The van der Waals surface area contributed by atoms with Gasteiger partial charge in [0.25, 0.3) is 5.91 Å². The van der Waals surface area contributed by atoms with Crippen LogP contribution in [-0.2, 0) is 16.0 Å². The summed E-state index contributed by atoms with van der Waals surface area (Å²) in [5, 5.41) is 0. The van der Waals surface area contributed by atoms with Gasteiger partial charge in [-0.15, -0.1) is 12.4 Å². The number of rotatable bonds is 9. The second-order valence-electron chi connectivity index (χ2n) is 6.13. The van der Waals surface area contributed by atoms with Crippen molar-refractivity contribution >= 4 is 24.3 Å². The van der Waals surface area contributed by atoms with Crippen LogP contribution in [0.15, 0.2) is 30.1 Å². The van der Waals surface area contributed by atoms with Crippen LogP contribution in [0.2, 0.25) is 0 Å². The van der Waals surface area contributed by atoms with Crippen LogP contribution >= 0.6 is 12.4 Å². The third-order valence-corrected chi connectivity index (χ3v) is 4.17. The summed E-state index contributed by atoms with van der Waals surface area (Å²) in [5.74, 6) is -0.0316. The number of ether oxygens (including phenoxy) is 2. The fourth-order valence-corrected chi connectivity index (χ4v) is 2.60. The van der Waals surface area contributed by atoms with Crippen LogP contribution < -0.4 is 10.5 Å². The molecular weight excluding hydrogens is 375 g/mol. The predicted molar refractivity (Wildman–Crippen MR) is 103 cm³/mol. The summed E-state index contributed by atoms with van der Waals surface area (Å²) >= 11 is 0. The number of benzene rings is 1. The van der Waals surface area contributed by atoms with E-state index >= 15 is 0 Å². The maximum Gasteiger partial charge on any atom is 0.325 e. The third kappa shape index (κ3) is 6.52. The lowest BCUT2D eigenvalue weighted by Crippen LogP contribution is -2.41. The SMILES string of the molecule is CCCCOC(=O)CN1CCc2cc(OC/C(=C/F)CN)ccc2C1=O.Cl. The van der Waals surface area contributed by atoms with Gasteiger partial charge in [0.1, 0.15) is 18.9 Å². The lowest BCUT2D eigenvalue weighted by molar-refractivity contribution is -0.144. The molecule has 1 aliphatic heterocycles. The minimum absolute atomic E-state index is 0. The molecule has 0 atom stereocenters. The number of carbonyl (C=O) groups excluding carboxylic acids is 2. The summed E-state index contributed by atoms with van der Waals surface area (Å²) in [6.45, 7) is 2.95. The van der Waals surface area contributed by atoms with Crippen LogP contribution in [0.25, 0.3) is 0 Å². The van der Waals surface area contributed by atoms with E-state index in [1.54, 1.807) is 18.2 Å². The molecule has 6 nitrogen and oxygen atoms in total. The van der Waals surface area contributed by atoms with Crippen molar-refractivity contribution in [3.63, 3.8) is 0 Å². The van der Waals surface area contributed by atoms with E-state index < -0.39 is 0 Å². The minimum Gasteiger partial charge on any atom is -0.489 e. The highest BCUT2D eigenvalue weighted by Gasteiger charge is 2.26. The van der Waals surface area contributed by atoms with Crippen molar-refractivity contribution in [2.45, 2.75) is 26.2 Å². The number of nitrogens with two attached hydrogens (primary N) is 1. The van der Waals surface area contributed by atoms with E-state index in [9.17, 15) is 14.0 Å². The zero-order valence-corrected chi connectivity index (χ0v) is 16.2. The normalized spacial score (nSPS) is 13.7. The summed E-state index contributed by atoms with van der Waals surface area (Å²) < 4.78 is 23.1. The number of halogens is 2. The average Bonchev–Trinajstić information content (AvgIpc) is 2.65. The number of carbonyl (C=O) groups is 2. The van der Waals surface area contributed by atoms with Crippen LogP contribution in [0.3, 0.4) is 0 Å². The second kappa shape index (κ2) is 11.6. The predicted octanol–water partition coefficient (Wildman–Crippen LogP) is 2.64. The third-order valence-electron chi connectivity index (χ3n) is 4.17. The molecule has 2 N–H and O–H groups in total. The van der Waals surface area contributed by atoms with Gasteiger partial charge in [-0.3, -0.25) is 9.59 Å². The Morgan fingerprint density at radius 1 is 1.41 bits per heavy atom. The van der Waals surface area contributed by atoms with Gasteiger partial charge in [-0.1, -0.05) is 13.3 Å². The van der Waals surface area contributed by atoms with Gasteiger partial charge in [0, 0.05) is 24.2 Å². The monoisotopic (exact) mass is 400 g/mol. The Balaban J connectivity index is 0.00000364. The van der Waals surface area contributed by atoms with Gasteiger partial charge < -0.3 is 20.1 Å². The Morgan fingerprint density at radius 2 is 2.19 bits per heavy atom. The fraction of sp³-hybridized carbons (Fsp3) is 0.474. The summed E-state index contributed by atoms with van der Waals surface area (Å²) in [5.41, 5.74) is 7.14. The number of hydrogen-bond acceptors (Lipinski definition) is 5. The van der Waals surface area contributed by atoms with E-state index in [1.165, 1.54) is 4.90 Å². The molecule has 0 saturated heterocycles. The van der Waals surface area contributed by atoms with Crippen LogP contribution in [0.5, 0.6) is 5.75 Å². The van der Waals surface area contributed by atoms with Gasteiger partial charge in [0.05, 0.1) is 12.9 Å². The van der Waals surface area contributed by atoms with Gasteiger partial charge in [0.15, 0.2) is 0 Å². The number of nitrogens with zero attached hydrogens (tertiary/aromatic N) is 1. The zero-order chi connectivity index (χ0) is 18.9. The Morgan fingerprint density at radius 3 is 2.85 bits per heavy atom. The van der Waals surface area contributed by atoms with Crippen molar-refractivity contribution in [3.8, 4) is 5.75 Å². The molecule has 0 bridgehead atoms. The summed E-state index contributed by atoms with van der Waals surface area (Å²) in [4.78, 5) is 25.9. The van der Waals surface area contributed by atoms with E-state index in [2.05, 4.69) is 0 Å². The molecule has 0 aliphatic carbocycles. The Hall–Kier alpha value is -2.12. The van der Waals surface area contributed by atoms with Crippen LogP contribution in [-0.4, -0.2) is 49.6 Å². The topological polar surface area (TPSA) is 81.9 Å². The lowest BCUT2D eigenvalue weighted by Gasteiger charge is -2.28. The summed E-state index contributed by atoms with van der Waals surface area (Å²) in [7, 11) is 0. The highest BCUT2D eigenvalue weighted by molar-refractivity contribution is 5.98. The van der Waals surface area contributed by atoms with E-state index in [0.29, 0.717) is 42.8 Å². The van der Waals surface area contributed by atoms with Crippen molar-refractivity contribution in [3.05, 3.63) is 41.2 Å². The number of unbranched alkanes of at least 4 members (excludes halogenated alkanes) is 1. The van der Waals surface area contributed by atoms with Gasteiger partial charge >= 0.3 is 5.97 Å². The first-order valence-electron chi connectivity index (χ1n) is 8.77. The molecule has 0 saturated carbocycles. The molecule has 150 valence electrons. The van der Waals surface area contributed by atoms with Gasteiger partial charge in [-0.05, 0) is 36.6 Å². The average molecular weight is 401 g/mol. The summed E-state index contributed by atoms with van der Waals surface area (Å²) in [6.07, 6.45) is 2.82. The van der Waals surface area contributed by atoms with E-state index in [4.69, 9.17) is 15.2 Å². The van der Waals surface area contributed by atoms with Crippen LogP contribution in [0.4, 0.5) is 4.39 Å². The molecule has 1 aliphatic rings. The van der Waals surface area contributed by atoms with Gasteiger partial charge in [0.2, 0.25) is 0 Å². The van der Waals surface area contributed by atoms with Crippen LogP contribution in [0, 0.1) is 0 Å². The van der Waals surface area contributed by atoms with Crippen molar-refractivity contribution in [1.29, 1.82) is 0 Å². The smallest absolute Gasteiger partial charge is 0.325 e. The molecule has 2 rings (SSSR count). The van der Waals surface area contributed by atoms with Gasteiger partial charge in [-0.2, -0.15) is 0 Å². The van der Waals surface area contributed by atoms with Crippen molar-refractivity contribution < 1.29 is 23.5 Å². The first kappa shape index (κ1) is 22.9. The molecule has 1 amide bonds. The molecule has 0 spiro atoms. The second-order valence-corrected chi connectivity index (χ2v) is 6.13. The molecule has 8 heteroatoms. The zero-order valence-electron chi connectivity index (χ0n) is 15.4. The number of esters is 1. The molecular formula is C19H26ClFN2O4. The first-order chi connectivity index (χ1) is 12.6. The largest absolute Gasteiger partial charge is 0.489 e. The quantitative estimate of drug-likeness (QED) is 0.509. The standard InChI is InChI=1S/C19H25FN2O4.ClH/c1-2-3-8-25-18(23)12-22-7-6-15-9-16(4-5-17(15)19(22)24)26-13-14(10-20)11-21;/h4-5,9-10H,2-3,6-8,11-13,21H2,1H3;1H/b14-10+;. The molecule has 27 heavy (non-hydrogen) atoms. The van der Waals surface area contributed by atoms with E-state index in [0.717, 1.165) is 18.4 Å². The maximum atomic E-state index is 12.6. The highest BCUT2D eigenvalue weighted by Crippen LogP contribution is 2.24. The van der Waals surface area contributed by atoms with E-state index in [1.807, 2.05) is 6.92 Å². The highest BCUT2D eigenvalue weighted by atomic mass is 35.5. The maximum absolute atomic E-state index is 12.6. The number of fused-ring (bicyclic) bond motifs is 1. The molecule has 1 heterocycles. The minimum atomic E-state index is -0.387. The van der Waals surface area contributed by atoms with Crippen molar-refractivity contribution in [2.75, 3.05) is 32.8 Å². The molecule has 0 unspecified atom stereocenters. The summed E-state index contributed by atoms with van der Waals surface area (Å²) in [6, 6.07) is 5.10. The molecule has 1 aromatic rings. The Bertz CT molecular complexity index is 682.